The molecule has 0 aromatic carbocycles. The lowest BCUT2D eigenvalue weighted by molar-refractivity contribution is -0.132. The molecule has 25 heavy (non-hydrogen) atoms. The van der Waals surface area contributed by atoms with Gasteiger partial charge in [0.15, 0.2) is 0 Å². The number of nitrogens with one attached hydrogen (secondary N) is 1. The predicted molar refractivity (Wildman–Crippen MR) is 101 cm³/mol. The average Bonchev–Trinajstić information content (AvgIpc) is 2.55. The minimum absolute atomic E-state index is 0.0604. The van der Waals surface area contributed by atoms with Gasteiger partial charge in [-0.3, -0.25) is 4.79 Å². The molecule has 1 fully saturated rings. The summed E-state index contributed by atoms with van der Waals surface area (Å²) in [6.45, 7) is 12.4. The van der Waals surface area contributed by atoms with Crippen molar-refractivity contribution >= 4 is 5.91 Å². The standard InChI is InChI=1S/C20H33N3O2/c1-7-16-12-23(6)9-8-17(16)22-19(24)20(4,5)13-25-18-15(3)10-14(2)11-21-18/h10-11,16-17H,7-9,12-13H2,1-6H3,(H,22,24). The minimum atomic E-state index is -0.597. The van der Waals surface area contributed by atoms with Gasteiger partial charge in [-0.1, -0.05) is 13.3 Å². The van der Waals surface area contributed by atoms with E-state index in [1.54, 1.807) is 6.20 Å². The molecular weight excluding hydrogens is 314 g/mol. The van der Waals surface area contributed by atoms with E-state index in [4.69, 9.17) is 4.74 Å². The molecule has 140 valence electrons. The van der Waals surface area contributed by atoms with Crippen LogP contribution in [0.3, 0.4) is 0 Å². The molecule has 0 radical (unpaired) electrons. The molecule has 5 nitrogen and oxygen atoms in total. The fourth-order valence-corrected chi connectivity index (χ4v) is 3.35. The monoisotopic (exact) mass is 347 g/mol. The number of nitrogens with zero attached hydrogens (tertiary/aromatic N) is 2. The number of rotatable bonds is 6. The molecule has 1 aliphatic rings. The van der Waals surface area contributed by atoms with Crippen LogP contribution in [0, 0.1) is 25.2 Å². The molecule has 0 saturated carbocycles. The van der Waals surface area contributed by atoms with Crippen molar-refractivity contribution in [1.29, 1.82) is 0 Å². The molecule has 2 rings (SSSR count). The number of pyridine rings is 1. The first kappa shape index (κ1) is 19.7. The lowest BCUT2D eigenvalue weighted by Crippen LogP contribution is -2.53. The van der Waals surface area contributed by atoms with Gasteiger partial charge in [-0.2, -0.15) is 0 Å². The van der Waals surface area contributed by atoms with E-state index in [0.717, 1.165) is 37.1 Å². The van der Waals surface area contributed by atoms with E-state index in [2.05, 4.69) is 29.2 Å². The number of ether oxygens (including phenoxy) is 1. The molecule has 0 spiro atoms. The number of hydrogen-bond acceptors (Lipinski definition) is 4. The highest BCUT2D eigenvalue weighted by Gasteiger charge is 2.34. The molecule has 1 aliphatic heterocycles. The molecule has 0 bridgehead atoms. The van der Waals surface area contributed by atoms with Crippen LogP contribution in [-0.2, 0) is 4.79 Å². The molecule has 1 N–H and O–H groups in total. The second-order valence-electron chi connectivity index (χ2n) is 8.11. The van der Waals surface area contributed by atoms with Gasteiger partial charge in [0.1, 0.15) is 6.61 Å². The summed E-state index contributed by atoms with van der Waals surface area (Å²) in [4.78, 5) is 19.5. The van der Waals surface area contributed by atoms with Gasteiger partial charge in [0.2, 0.25) is 11.8 Å². The number of likely N-dealkylation sites (tertiary alicyclic amines) is 1. The molecule has 2 unspecified atom stereocenters. The Balaban J connectivity index is 1.94. The Morgan fingerprint density at radius 2 is 2.16 bits per heavy atom. The quantitative estimate of drug-likeness (QED) is 0.860. The average molecular weight is 348 g/mol. The summed E-state index contributed by atoms with van der Waals surface area (Å²) in [5.41, 5.74) is 1.51. The highest BCUT2D eigenvalue weighted by atomic mass is 16.5. The van der Waals surface area contributed by atoms with E-state index >= 15 is 0 Å². The van der Waals surface area contributed by atoms with Gasteiger partial charge >= 0.3 is 0 Å². The van der Waals surface area contributed by atoms with Crippen molar-refractivity contribution in [2.75, 3.05) is 26.7 Å². The summed E-state index contributed by atoms with van der Waals surface area (Å²) in [5, 5.41) is 3.27. The van der Waals surface area contributed by atoms with Crippen LogP contribution in [0.15, 0.2) is 12.3 Å². The van der Waals surface area contributed by atoms with Gasteiger partial charge in [-0.25, -0.2) is 4.98 Å². The van der Waals surface area contributed by atoms with Gasteiger partial charge < -0.3 is 15.0 Å². The SMILES string of the molecule is CCC1CN(C)CCC1NC(=O)C(C)(C)COc1ncc(C)cc1C. The molecule has 1 aromatic heterocycles. The topological polar surface area (TPSA) is 54.5 Å². The van der Waals surface area contributed by atoms with Crippen LogP contribution in [0.5, 0.6) is 5.88 Å². The number of hydrogen-bond donors (Lipinski definition) is 1. The van der Waals surface area contributed by atoms with Gasteiger partial charge in [0, 0.05) is 24.3 Å². The highest BCUT2D eigenvalue weighted by molar-refractivity contribution is 5.82. The van der Waals surface area contributed by atoms with Crippen molar-refractivity contribution < 1.29 is 9.53 Å². The smallest absolute Gasteiger partial charge is 0.229 e. The zero-order chi connectivity index (χ0) is 18.6. The summed E-state index contributed by atoms with van der Waals surface area (Å²) in [6.07, 6.45) is 3.88. The summed E-state index contributed by atoms with van der Waals surface area (Å²) in [5.74, 6) is 1.18. The van der Waals surface area contributed by atoms with Crippen LogP contribution in [0.2, 0.25) is 0 Å². The molecule has 1 saturated heterocycles. The van der Waals surface area contributed by atoms with Crippen molar-refractivity contribution in [2.45, 2.75) is 53.5 Å². The van der Waals surface area contributed by atoms with E-state index in [0.29, 0.717) is 18.4 Å². The number of piperidine rings is 1. The van der Waals surface area contributed by atoms with Crippen molar-refractivity contribution in [3.63, 3.8) is 0 Å². The number of aromatic nitrogens is 1. The number of aryl methyl sites for hydroxylation is 2. The van der Waals surface area contributed by atoms with Crippen LogP contribution < -0.4 is 10.1 Å². The van der Waals surface area contributed by atoms with Crippen molar-refractivity contribution in [3.05, 3.63) is 23.4 Å². The van der Waals surface area contributed by atoms with E-state index in [1.807, 2.05) is 33.8 Å². The van der Waals surface area contributed by atoms with Crippen molar-refractivity contribution in [2.24, 2.45) is 11.3 Å². The largest absolute Gasteiger partial charge is 0.476 e. The maximum Gasteiger partial charge on any atom is 0.229 e. The summed E-state index contributed by atoms with van der Waals surface area (Å²) >= 11 is 0. The Labute approximate surface area is 152 Å². The first-order valence-electron chi connectivity index (χ1n) is 9.28. The fraction of sp³-hybridized carbons (Fsp3) is 0.700. The number of carbonyl (C=O) groups is 1. The van der Waals surface area contributed by atoms with E-state index in [-0.39, 0.29) is 11.9 Å². The maximum absolute atomic E-state index is 12.8. The second kappa shape index (κ2) is 8.17. The number of carbonyl (C=O) groups excluding carboxylic acids is 1. The lowest BCUT2D eigenvalue weighted by atomic mass is 9.87. The molecule has 1 amide bonds. The van der Waals surface area contributed by atoms with Crippen molar-refractivity contribution in [3.8, 4) is 5.88 Å². The fourth-order valence-electron chi connectivity index (χ4n) is 3.35. The van der Waals surface area contributed by atoms with Crippen LogP contribution in [0.4, 0.5) is 0 Å². The van der Waals surface area contributed by atoms with Crippen LogP contribution in [0.25, 0.3) is 0 Å². The summed E-state index contributed by atoms with van der Waals surface area (Å²) in [7, 11) is 2.15. The first-order chi connectivity index (χ1) is 11.7. The summed E-state index contributed by atoms with van der Waals surface area (Å²) in [6, 6.07) is 2.30. The lowest BCUT2D eigenvalue weighted by Gasteiger charge is -2.38. The predicted octanol–water partition coefficient (Wildman–Crippen LogP) is 2.95. The minimum Gasteiger partial charge on any atom is -0.476 e. The second-order valence-corrected chi connectivity index (χ2v) is 8.11. The zero-order valence-electron chi connectivity index (χ0n) is 16.6. The summed E-state index contributed by atoms with van der Waals surface area (Å²) < 4.78 is 5.86. The van der Waals surface area contributed by atoms with Crippen molar-refractivity contribution in [1.82, 2.24) is 15.2 Å². The molecule has 5 heteroatoms. The van der Waals surface area contributed by atoms with E-state index in [9.17, 15) is 4.79 Å². The van der Waals surface area contributed by atoms with Gasteiger partial charge in [0.05, 0.1) is 5.41 Å². The Bertz CT molecular complexity index is 601. The van der Waals surface area contributed by atoms with Crippen LogP contribution >= 0.6 is 0 Å². The Hall–Kier alpha value is -1.62. The number of amides is 1. The molecule has 2 heterocycles. The van der Waals surface area contributed by atoms with Crippen LogP contribution in [0.1, 0.15) is 44.7 Å². The Kier molecular flexibility index (Phi) is 6.44. The van der Waals surface area contributed by atoms with E-state index < -0.39 is 5.41 Å². The normalized spacial score (nSPS) is 21.8. The molecule has 1 aromatic rings. The zero-order valence-corrected chi connectivity index (χ0v) is 16.6. The Morgan fingerprint density at radius 1 is 1.44 bits per heavy atom. The van der Waals surface area contributed by atoms with Gasteiger partial charge in [-0.15, -0.1) is 0 Å². The molecule has 2 atom stereocenters. The maximum atomic E-state index is 12.8. The van der Waals surface area contributed by atoms with Crippen LogP contribution in [-0.4, -0.2) is 48.6 Å². The third-order valence-electron chi connectivity index (χ3n) is 5.13. The van der Waals surface area contributed by atoms with Gasteiger partial charge in [0.25, 0.3) is 0 Å². The third kappa shape index (κ3) is 5.18. The Morgan fingerprint density at radius 3 is 2.80 bits per heavy atom. The molecule has 0 aliphatic carbocycles. The molecular formula is C20H33N3O2. The third-order valence-corrected chi connectivity index (χ3v) is 5.13. The first-order valence-corrected chi connectivity index (χ1v) is 9.28. The highest BCUT2D eigenvalue weighted by Crippen LogP contribution is 2.24. The van der Waals surface area contributed by atoms with Gasteiger partial charge in [-0.05, 0) is 65.3 Å². The van der Waals surface area contributed by atoms with E-state index in [1.165, 1.54) is 0 Å².